The molecule has 0 aliphatic heterocycles. The van der Waals surface area contributed by atoms with Gasteiger partial charge in [0.1, 0.15) is 0 Å². The van der Waals surface area contributed by atoms with Gasteiger partial charge in [-0.3, -0.25) is 9.78 Å². The highest BCUT2D eigenvalue weighted by molar-refractivity contribution is 6.07. The molecule has 0 atom stereocenters. The van der Waals surface area contributed by atoms with Crippen LogP contribution in [0.4, 0.5) is 0 Å². The number of carbonyl (C=O) groups is 1. The van der Waals surface area contributed by atoms with E-state index < -0.39 is 0 Å². The Labute approximate surface area is 119 Å². The second-order valence-electron chi connectivity index (χ2n) is 5.26. The lowest BCUT2D eigenvalue weighted by atomic mass is 10.00. The molecule has 0 bridgehead atoms. The lowest BCUT2D eigenvalue weighted by Crippen LogP contribution is -2.31. The molecule has 0 unspecified atom stereocenters. The number of fused-ring (bicyclic) bond motifs is 2. The van der Waals surface area contributed by atoms with E-state index in [0.717, 1.165) is 54.5 Å². The highest BCUT2D eigenvalue weighted by Gasteiger charge is 2.25. The van der Waals surface area contributed by atoms with Crippen LogP contribution in [0.25, 0.3) is 10.9 Å². The first-order valence-corrected chi connectivity index (χ1v) is 7.46. The Kier molecular flexibility index (Phi) is 3.43. The first-order valence-electron chi connectivity index (χ1n) is 7.46. The van der Waals surface area contributed by atoms with Gasteiger partial charge in [-0.1, -0.05) is 18.2 Å². The Morgan fingerprint density at radius 3 is 2.70 bits per heavy atom. The third-order valence-electron chi connectivity index (χ3n) is 4.18. The lowest BCUT2D eigenvalue weighted by Gasteiger charge is -2.21. The van der Waals surface area contributed by atoms with Crippen LogP contribution in [0, 0.1) is 0 Å². The van der Waals surface area contributed by atoms with Gasteiger partial charge in [-0.2, -0.15) is 0 Å². The van der Waals surface area contributed by atoms with Crippen molar-refractivity contribution in [3.8, 4) is 0 Å². The van der Waals surface area contributed by atoms with Crippen LogP contribution < -0.4 is 0 Å². The van der Waals surface area contributed by atoms with E-state index in [9.17, 15) is 4.79 Å². The van der Waals surface area contributed by atoms with Gasteiger partial charge in [0.25, 0.3) is 5.91 Å². The monoisotopic (exact) mass is 268 g/mol. The van der Waals surface area contributed by atoms with Crippen LogP contribution in [-0.4, -0.2) is 28.9 Å². The molecule has 0 spiro atoms. The fraction of sp³-hybridized carbons (Fsp3) is 0.412. The number of aryl methyl sites for hydroxylation is 1. The quantitative estimate of drug-likeness (QED) is 0.856. The topological polar surface area (TPSA) is 33.2 Å². The summed E-state index contributed by atoms with van der Waals surface area (Å²) in [7, 11) is 0. The summed E-state index contributed by atoms with van der Waals surface area (Å²) < 4.78 is 0. The molecule has 1 aliphatic rings. The van der Waals surface area contributed by atoms with Gasteiger partial charge in [-0.25, -0.2) is 0 Å². The van der Waals surface area contributed by atoms with Crippen molar-refractivity contribution in [2.45, 2.75) is 33.1 Å². The van der Waals surface area contributed by atoms with Crippen molar-refractivity contribution in [3.63, 3.8) is 0 Å². The van der Waals surface area contributed by atoms with Crippen molar-refractivity contribution in [2.24, 2.45) is 0 Å². The molecule has 3 nitrogen and oxygen atoms in total. The second kappa shape index (κ2) is 5.23. The average molecular weight is 268 g/mol. The number of hydrogen-bond donors (Lipinski definition) is 0. The summed E-state index contributed by atoms with van der Waals surface area (Å²) in [5.74, 6) is 0.159. The summed E-state index contributed by atoms with van der Waals surface area (Å²) >= 11 is 0. The minimum atomic E-state index is 0.159. The van der Waals surface area contributed by atoms with Crippen molar-refractivity contribution in [1.82, 2.24) is 9.88 Å². The maximum atomic E-state index is 12.9. The zero-order chi connectivity index (χ0) is 14.1. The summed E-state index contributed by atoms with van der Waals surface area (Å²) in [6, 6.07) is 8.01. The molecule has 0 N–H and O–H groups in total. The largest absolute Gasteiger partial charge is 0.339 e. The predicted octanol–water partition coefficient (Wildman–Crippen LogP) is 3.21. The predicted molar refractivity (Wildman–Crippen MR) is 81.0 cm³/mol. The van der Waals surface area contributed by atoms with Gasteiger partial charge in [0.15, 0.2) is 0 Å². The standard InChI is InChI=1S/C17H20N2O/c1-3-19(4-2)17(20)16-12-8-5-6-10-14(12)18-15-11-7-9-13(15)16/h5-6,8,10H,3-4,7,9,11H2,1-2H3. The summed E-state index contributed by atoms with van der Waals surface area (Å²) in [6.45, 7) is 5.57. The SMILES string of the molecule is CCN(CC)C(=O)c1c2c(nc3ccccc13)CCC2. The highest BCUT2D eigenvalue weighted by Crippen LogP contribution is 2.30. The van der Waals surface area contributed by atoms with Crippen molar-refractivity contribution in [2.75, 3.05) is 13.1 Å². The average Bonchev–Trinajstić information content (AvgIpc) is 2.93. The molecule has 3 heteroatoms. The maximum absolute atomic E-state index is 12.9. The number of nitrogens with zero attached hydrogens (tertiary/aromatic N) is 2. The molecule has 1 aliphatic carbocycles. The highest BCUT2D eigenvalue weighted by atomic mass is 16.2. The number of rotatable bonds is 3. The fourth-order valence-corrected chi connectivity index (χ4v) is 3.12. The van der Waals surface area contributed by atoms with Crippen LogP contribution in [0.3, 0.4) is 0 Å². The number of benzene rings is 1. The van der Waals surface area contributed by atoms with E-state index in [2.05, 4.69) is 0 Å². The molecule has 1 aromatic carbocycles. The van der Waals surface area contributed by atoms with Gasteiger partial charge in [0, 0.05) is 24.2 Å². The van der Waals surface area contributed by atoms with Crippen LogP contribution >= 0.6 is 0 Å². The molecule has 3 rings (SSSR count). The van der Waals surface area contributed by atoms with Crippen molar-refractivity contribution >= 4 is 16.8 Å². The zero-order valence-corrected chi connectivity index (χ0v) is 12.1. The van der Waals surface area contributed by atoms with Gasteiger partial charge in [0.05, 0.1) is 11.1 Å². The van der Waals surface area contributed by atoms with E-state index in [-0.39, 0.29) is 5.91 Å². The number of pyridine rings is 1. The van der Waals surface area contributed by atoms with E-state index in [1.165, 1.54) is 5.56 Å². The third-order valence-corrected chi connectivity index (χ3v) is 4.18. The van der Waals surface area contributed by atoms with Crippen LogP contribution in [0.5, 0.6) is 0 Å². The van der Waals surface area contributed by atoms with Crippen LogP contribution in [-0.2, 0) is 12.8 Å². The summed E-state index contributed by atoms with van der Waals surface area (Å²) in [6.07, 6.45) is 3.09. The van der Waals surface area contributed by atoms with Gasteiger partial charge in [-0.15, -0.1) is 0 Å². The first kappa shape index (κ1) is 13.1. The second-order valence-corrected chi connectivity index (χ2v) is 5.26. The Hall–Kier alpha value is -1.90. The minimum absolute atomic E-state index is 0.159. The number of hydrogen-bond acceptors (Lipinski definition) is 2. The molecule has 2 aromatic rings. The molecule has 0 saturated heterocycles. The van der Waals surface area contributed by atoms with E-state index in [1.54, 1.807) is 0 Å². The van der Waals surface area contributed by atoms with E-state index in [4.69, 9.17) is 4.98 Å². The van der Waals surface area contributed by atoms with Crippen molar-refractivity contribution in [1.29, 1.82) is 0 Å². The molecule has 0 fully saturated rings. The normalized spacial score (nSPS) is 13.5. The van der Waals surface area contributed by atoms with E-state index in [0.29, 0.717) is 0 Å². The van der Waals surface area contributed by atoms with Gasteiger partial charge in [0.2, 0.25) is 0 Å². The van der Waals surface area contributed by atoms with Crippen LogP contribution in [0.1, 0.15) is 41.9 Å². The molecule has 0 radical (unpaired) electrons. The molecule has 1 aromatic heterocycles. The molecular weight excluding hydrogens is 248 g/mol. The first-order chi connectivity index (χ1) is 9.76. The number of aromatic nitrogens is 1. The molecule has 1 amide bonds. The molecule has 0 saturated carbocycles. The van der Waals surface area contributed by atoms with E-state index in [1.807, 2.05) is 43.0 Å². The van der Waals surface area contributed by atoms with E-state index >= 15 is 0 Å². The molecule has 20 heavy (non-hydrogen) atoms. The fourth-order valence-electron chi connectivity index (χ4n) is 3.12. The van der Waals surface area contributed by atoms with Gasteiger partial charge < -0.3 is 4.90 Å². The van der Waals surface area contributed by atoms with Crippen LogP contribution in [0.2, 0.25) is 0 Å². The lowest BCUT2D eigenvalue weighted by molar-refractivity contribution is 0.0774. The Morgan fingerprint density at radius 1 is 1.20 bits per heavy atom. The smallest absolute Gasteiger partial charge is 0.254 e. The Balaban J connectivity index is 2.25. The maximum Gasteiger partial charge on any atom is 0.254 e. The summed E-state index contributed by atoms with van der Waals surface area (Å²) in [5, 5.41) is 1.00. The number of amides is 1. The zero-order valence-electron chi connectivity index (χ0n) is 12.1. The number of carbonyl (C=O) groups excluding carboxylic acids is 1. The van der Waals surface area contributed by atoms with Crippen molar-refractivity contribution < 1.29 is 4.79 Å². The minimum Gasteiger partial charge on any atom is -0.339 e. The third kappa shape index (κ3) is 1.98. The molecular formula is C17H20N2O. The van der Waals surface area contributed by atoms with Crippen LogP contribution in [0.15, 0.2) is 24.3 Å². The summed E-state index contributed by atoms with van der Waals surface area (Å²) in [4.78, 5) is 19.5. The van der Waals surface area contributed by atoms with Gasteiger partial charge >= 0.3 is 0 Å². The summed E-state index contributed by atoms with van der Waals surface area (Å²) in [5.41, 5.74) is 4.15. The Bertz CT molecular complexity index is 659. The number of para-hydroxylation sites is 1. The molecule has 1 heterocycles. The van der Waals surface area contributed by atoms with Crippen molar-refractivity contribution in [3.05, 3.63) is 41.1 Å². The Morgan fingerprint density at radius 2 is 1.95 bits per heavy atom. The molecule has 104 valence electrons. The van der Waals surface area contributed by atoms with Gasteiger partial charge in [-0.05, 0) is 44.7 Å².